The van der Waals surface area contributed by atoms with E-state index in [0.717, 1.165) is 6.04 Å². The van der Waals surface area contributed by atoms with E-state index in [1.807, 2.05) is 0 Å². The zero-order valence-electron chi connectivity index (χ0n) is 12.0. The van der Waals surface area contributed by atoms with Crippen molar-refractivity contribution >= 4 is 0 Å². The van der Waals surface area contributed by atoms with Gasteiger partial charge in [-0.2, -0.15) is 0 Å². The quantitative estimate of drug-likeness (QED) is 0.699. The molecule has 1 unspecified atom stereocenters. The smallest absolute Gasteiger partial charge is 0.0221 e. The first kappa shape index (κ1) is 14.9. The van der Waals surface area contributed by atoms with E-state index in [2.05, 4.69) is 35.9 Å². The maximum absolute atomic E-state index is 3.53. The van der Waals surface area contributed by atoms with Crippen LogP contribution in [0.15, 0.2) is 0 Å². The number of likely N-dealkylation sites (N-methyl/N-ethyl adjacent to an activating group) is 1. The maximum atomic E-state index is 3.53. The first-order chi connectivity index (χ1) is 8.31. The summed E-state index contributed by atoms with van der Waals surface area (Å²) >= 11 is 0. The van der Waals surface area contributed by atoms with Gasteiger partial charge in [-0.1, -0.05) is 20.8 Å². The van der Waals surface area contributed by atoms with Gasteiger partial charge in [-0.3, -0.25) is 4.90 Å². The summed E-state index contributed by atoms with van der Waals surface area (Å²) in [7, 11) is 0. The topological polar surface area (TPSA) is 18.5 Å². The summed E-state index contributed by atoms with van der Waals surface area (Å²) in [4.78, 5) is 5.23. The van der Waals surface area contributed by atoms with Crippen molar-refractivity contribution in [2.75, 3.05) is 45.8 Å². The second-order valence-corrected chi connectivity index (χ2v) is 5.06. The molecule has 102 valence electrons. The number of nitrogens with zero attached hydrogens (tertiary/aromatic N) is 2. The van der Waals surface area contributed by atoms with Gasteiger partial charge in [-0.05, 0) is 45.4 Å². The highest BCUT2D eigenvalue weighted by Crippen LogP contribution is 2.10. The van der Waals surface area contributed by atoms with E-state index >= 15 is 0 Å². The largest absolute Gasteiger partial charge is 0.315 e. The van der Waals surface area contributed by atoms with E-state index in [1.165, 1.54) is 65.1 Å². The molecule has 1 atom stereocenters. The molecule has 0 aromatic carbocycles. The zero-order valence-corrected chi connectivity index (χ0v) is 12.0. The molecule has 17 heavy (non-hydrogen) atoms. The SMILES string of the molecule is CCCN(CCN(CC)CC)C1CCCNC1. The Bertz CT molecular complexity index is 174. The molecule has 0 amide bonds. The minimum atomic E-state index is 0.777. The van der Waals surface area contributed by atoms with Crippen LogP contribution in [0.2, 0.25) is 0 Å². The molecule has 0 saturated carbocycles. The van der Waals surface area contributed by atoms with E-state index in [1.54, 1.807) is 0 Å². The summed E-state index contributed by atoms with van der Waals surface area (Å²) in [5, 5.41) is 3.53. The van der Waals surface area contributed by atoms with Gasteiger partial charge in [-0.25, -0.2) is 0 Å². The highest BCUT2D eigenvalue weighted by atomic mass is 15.2. The van der Waals surface area contributed by atoms with E-state index < -0.39 is 0 Å². The molecule has 0 spiro atoms. The Labute approximate surface area is 108 Å². The van der Waals surface area contributed by atoms with Gasteiger partial charge < -0.3 is 10.2 Å². The Kier molecular flexibility index (Phi) is 7.82. The van der Waals surface area contributed by atoms with Crippen LogP contribution in [0.3, 0.4) is 0 Å². The molecule has 1 rings (SSSR count). The van der Waals surface area contributed by atoms with Gasteiger partial charge in [0.25, 0.3) is 0 Å². The lowest BCUT2D eigenvalue weighted by Gasteiger charge is -2.35. The molecule has 3 heteroatoms. The molecule has 1 aliphatic rings. The van der Waals surface area contributed by atoms with Gasteiger partial charge in [0.2, 0.25) is 0 Å². The molecule has 0 aliphatic carbocycles. The molecule has 1 saturated heterocycles. The molecular weight excluding hydrogens is 210 g/mol. The van der Waals surface area contributed by atoms with Gasteiger partial charge in [0.1, 0.15) is 0 Å². The van der Waals surface area contributed by atoms with Crippen molar-refractivity contribution in [2.45, 2.75) is 46.1 Å². The summed E-state index contributed by atoms with van der Waals surface area (Å²) in [5.41, 5.74) is 0. The van der Waals surface area contributed by atoms with Crippen molar-refractivity contribution < 1.29 is 0 Å². The van der Waals surface area contributed by atoms with Crippen molar-refractivity contribution in [2.24, 2.45) is 0 Å². The highest BCUT2D eigenvalue weighted by Gasteiger charge is 2.20. The fraction of sp³-hybridized carbons (Fsp3) is 1.00. The number of nitrogens with one attached hydrogen (secondary N) is 1. The predicted octanol–water partition coefficient (Wildman–Crippen LogP) is 1.79. The molecule has 1 fully saturated rings. The van der Waals surface area contributed by atoms with Crippen LogP contribution in [-0.2, 0) is 0 Å². The third kappa shape index (κ3) is 5.36. The molecule has 0 aromatic heterocycles. The summed E-state index contributed by atoms with van der Waals surface area (Å²) in [6.45, 7) is 15.3. The molecule has 1 heterocycles. The van der Waals surface area contributed by atoms with Gasteiger partial charge in [0.15, 0.2) is 0 Å². The summed E-state index contributed by atoms with van der Waals surface area (Å²) in [5.74, 6) is 0. The molecular formula is C14H31N3. The first-order valence-corrected chi connectivity index (χ1v) is 7.48. The van der Waals surface area contributed by atoms with Crippen LogP contribution in [0.4, 0.5) is 0 Å². The second-order valence-electron chi connectivity index (χ2n) is 5.06. The lowest BCUT2D eigenvalue weighted by molar-refractivity contribution is 0.143. The van der Waals surface area contributed by atoms with Crippen LogP contribution in [0.1, 0.15) is 40.0 Å². The monoisotopic (exact) mass is 241 g/mol. The van der Waals surface area contributed by atoms with E-state index in [4.69, 9.17) is 0 Å². The lowest BCUT2D eigenvalue weighted by atomic mass is 10.1. The van der Waals surface area contributed by atoms with Gasteiger partial charge >= 0.3 is 0 Å². The standard InChI is InChI=1S/C14H31N3/c1-4-10-17(12-11-16(5-2)6-3)14-8-7-9-15-13-14/h14-15H,4-13H2,1-3H3. The summed E-state index contributed by atoms with van der Waals surface area (Å²) < 4.78 is 0. The zero-order chi connectivity index (χ0) is 12.5. The number of hydrogen-bond donors (Lipinski definition) is 1. The maximum Gasteiger partial charge on any atom is 0.0221 e. The van der Waals surface area contributed by atoms with Crippen molar-refractivity contribution in [1.82, 2.24) is 15.1 Å². The van der Waals surface area contributed by atoms with Crippen LogP contribution < -0.4 is 5.32 Å². The third-order valence-corrected chi connectivity index (χ3v) is 3.90. The van der Waals surface area contributed by atoms with E-state index in [9.17, 15) is 0 Å². The first-order valence-electron chi connectivity index (χ1n) is 7.48. The highest BCUT2D eigenvalue weighted by molar-refractivity contribution is 4.78. The van der Waals surface area contributed by atoms with Gasteiger partial charge in [-0.15, -0.1) is 0 Å². The van der Waals surface area contributed by atoms with Crippen molar-refractivity contribution in [3.05, 3.63) is 0 Å². The summed E-state index contributed by atoms with van der Waals surface area (Å²) in [6.07, 6.45) is 4.00. The molecule has 0 bridgehead atoms. The molecule has 0 radical (unpaired) electrons. The third-order valence-electron chi connectivity index (χ3n) is 3.90. The Balaban J connectivity index is 2.35. The Morgan fingerprint density at radius 1 is 1.06 bits per heavy atom. The van der Waals surface area contributed by atoms with Crippen LogP contribution in [0, 0.1) is 0 Å². The fourth-order valence-electron chi connectivity index (χ4n) is 2.72. The summed E-state index contributed by atoms with van der Waals surface area (Å²) in [6, 6.07) is 0.777. The van der Waals surface area contributed by atoms with E-state index in [0.29, 0.717) is 0 Å². The average Bonchev–Trinajstić information content (AvgIpc) is 2.39. The van der Waals surface area contributed by atoms with Gasteiger partial charge in [0, 0.05) is 25.7 Å². The van der Waals surface area contributed by atoms with E-state index in [-0.39, 0.29) is 0 Å². The normalized spacial score (nSPS) is 21.4. The fourth-order valence-corrected chi connectivity index (χ4v) is 2.72. The van der Waals surface area contributed by atoms with Crippen LogP contribution in [0.5, 0.6) is 0 Å². The van der Waals surface area contributed by atoms with Crippen LogP contribution >= 0.6 is 0 Å². The Morgan fingerprint density at radius 3 is 2.35 bits per heavy atom. The number of hydrogen-bond acceptors (Lipinski definition) is 3. The van der Waals surface area contributed by atoms with Crippen molar-refractivity contribution in [1.29, 1.82) is 0 Å². The second kappa shape index (κ2) is 8.90. The molecule has 3 nitrogen and oxygen atoms in total. The van der Waals surface area contributed by atoms with Gasteiger partial charge in [0.05, 0.1) is 0 Å². The predicted molar refractivity (Wildman–Crippen MR) is 75.5 cm³/mol. The number of rotatable bonds is 8. The number of piperidine rings is 1. The van der Waals surface area contributed by atoms with Crippen LogP contribution in [0.25, 0.3) is 0 Å². The van der Waals surface area contributed by atoms with Crippen LogP contribution in [-0.4, -0.2) is 61.7 Å². The van der Waals surface area contributed by atoms with Crippen molar-refractivity contribution in [3.8, 4) is 0 Å². The average molecular weight is 241 g/mol. The minimum absolute atomic E-state index is 0.777. The molecule has 1 aliphatic heterocycles. The molecule has 1 N–H and O–H groups in total. The van der Waals surface area contributed by atoms with Crippen molar-refractivity contribution in [3.63, 3.8) is 0 Å². The Hall–Kier alpha value is -0.120. The minimum Gasteiger partial charge on any atom is -0.315 e. The Morgan fingerprint density at radius 2 is 1.82 bits per heavy atom. The lowest BCUT2D eigenvalue weighted by Crippen LogP contribution is -2.48. The molecule has 0 aromatic rings.